The van der Waals surface area contributed by atoms with Crippen LogP contribution in [0, 0.1) is 5.92 Å². The van der Waals surface area contributed by atoms with E-state index in [1.165, 1.54) is 0 Å². The summed E-state index contributed by atoms with van der Waals surface area (Å²) in [5.74, 6) is 1.34. The van der Waals surface area contributed by atoms with Crippen molar-refractivity contribution in [2.45, 2.75) is 39.8 Å². The molecule has 0 aliphatic heterocycles. The molecule has 0 spiro atoms. The minimum Gasteiger partial charge on any atom is -0.349 e. The zero-order chi connectivity index (χ0) is 19.7. The third-order valence-corrected chi connectivity index (χ3v) is 4.87. The SMILES string of the molecule is CC(C)Cc1nc2ccccc2n1C(C)C(=O)NCc1[nH]nc2ncccc12. The monoisotopic (exact) mass is 376 g/mol. The maximum atomic E-state index is 12.9. The van der Waals surface area contributed by atoms with Crippen molar-refractivity contribution in [2.24, 2.45) is 5.92 Å². The molecule has 0 radical (unpaired) electrons. The van der Waals surface area contributed by atoms with E-state index in [0.717, 1.165) is 34.4 Å². The summed E-state index contributed by atoms with van der Waals surface area (Å²) in [6.07, 6.45) is 2.52. The predicted octanol–water partition coefficient (Wildman–Crippen LogP) is 3.38. The first kappa shape index (κ1) is 18.2. The Hall–Kier alpha value is -3.22. The number of hydrogen-bond acceptors (Lipinski definition) is 4. The smallest absolute Gasteiger partial charge is 0.243 e. The second kappa shape index (κ2) is 7.42. The number of amides is 1. The number of aromatic nitrogens is 5. The molecule has 1 amide bonds. The van der Waals surface area contributed by atoms with Gasteiger partial charge in [0.2, 0.25) is 5.91 Å². The summed E-state index contributed by atoms with van der Waals surface area (Å²) in [5.41, 5.74) is 3.40. The lowest BCUT2D eigenvalue weighted by Crippen LogP contribution is -2.31. The van der Waals surface area contributed by atoms with Crippen molar-refractivity contribution in [3.8, 4) is 0 Å². The number of carbonyl (C=O) groups is 1. The number of rotatable bonds is 6. The summed E-state index contributed by atoms with van der Waals surface area (Å²) in [7, 11) is 0. The van der Waals surface area contributed by atoms with E-state index in [9.17, 15) is 4.79 Å². The molecule has 3 heterocycles. The molecule has 1 unspecified atom stereocenters. The quantitative estimate of drug-likeness (QED) is 0.540. The van der Waals surface area contributed by atoms with Gasteiger partial charge in [-0.3, -0.25) is 9.89 Å². The molecule has 1 aromatic carbocycles. The van der Waals surface area contributed by atoms with E-state index in [4.69, 9.17) is 4.98 Å². The Morgan fingerprint density at radius 1 is 1.18 bits per heavy atom. The van der Waals surface area contributed by atoms with E-state index in [-0.39, 0.29) is 11.9 Å². The molecule has 0 saturated heterocycles. The lowest BCUT2D eigenvalue weighted by Gasteiger charge is -2.18. The number of carbonyl (C=O) groups excluding carboxylic acids is 1. The summed E-state index contributed by atoms with van der Waals surface area (Å²) in [6.45, 7) is 6.61. The Kier molecular flexibility index (Phi) is 4.81. The van der Waals surface area contributed by atoms with Crippen LogP contribution in [0.2, 0.25) is 0 Å². The Balaban J connectivity index is 1.58. The number of benzene rings is 1. The predicted molar refractivity (Wildman–Crippen MR) is 109 cm³/mol. The van der Waals surface area contributed by atoms with Gasteiger partial charge in [0, 0.05) is 18.0 Å². The van der Waals surface area contributed by atoms with E-state index in [2.05, 4.69) is 38.9 Å². The highest BCUT2D eigenvalue weighted by Gasteiger charge is 2.22. The number of nitrogens with zero attached hydrogens (tertiary/aromatic N) is 4. The van der Waals surface area contributed by atoms with Gasteiger partial charge < -0.3 is 9.88 Å². The average molecular weight is 376 g/mol. The second-order valence-electron chi connectivity index (χ2n) is 7.46. The molecular formula is C21H24N6O. The van der Waals surface area contributed by atoms with Crippen LogP contribution in [0.3, 0.4) is 0 Å². The van der Waals surface area contributed by atoms with Crippen LogP contribution in [-0.2, 0) is 17.8 Å². The van der Waals surface area contributed by atoms with Crippen LogP contribution in [0.25, 0.3) is 22.1 Å². The highest BCUT2D eigenvalue weighted by molar-refractivity contribution is 5.84. The van der Waals surface area contributed by atoms with Gasteiger partial charge in [-0.25, -0.2) is 9.97 Å². The van der Waals surface area contributed by atoms with Gasteiger partial charge in [-0.1, -0.05) is 26.0 Å². The first-order chi connectivity index (χ1) is 13.5. The normalized spacial score (nSPS) is 12.7. The zero-order valence-corrected chi connectivity index (χ0v) is 16.3. The number of imidazole rings is 1. The van der Waals surface area contributed by atoms with Crippen LogP contribution in [0.1, 0.15) is 38.3 Å². The summed E-state index contributed by atoms with van der Waals surface area (Å²) < 4.78 is 2.05. The average Bonchev–Trinajstić information content (AvgIpc) is 3.25. The Bertz CT molecular complexity index is 1130. The van der Waals surface area contributed by atoms with Gasteiger partial charge in [0.1, 0.15) is 11.9 Å². The minimum atomic E-state index is -0.367. The zero-order valence-electron chi connectivity index (χ0n) is 16.3. The highest BCUT2D eigenvalue weighted by Crippen LogP contribution is 2.23. The molecule has 0 aliphatic carbocycles. The van der Waals surface area contributed by atoms with Crippen LogP contribution in [-0.4, -0.2) is 30.6 Å². The second-order valence-corrected chi connectivity index (χ2v) is 7.46. The molecule has 0 fully saturated rings. The molecule has 3 aromatic heterocycles. The molecule has 0 saturated carbocycles. The molecule has 2 N–H and O–H groups in total. The summed E-state index contributed by atoms with van der Waals surface area (Å²) in [6, 6.07) is 11.4. The number of hydrogen-bond donors (Lipinski definition) is 2. The fourth-order valence-electron chi connectivity index (χ4n) is 3.51. The number of pyridine rings is 1. The van der Waals surface area contributed by atoms with Crippen molar-refractivity contribution < 1.29 is 4.79 Å². The van der Waals surface area contributed by atoms with Crippen molar-refractivity contribution in [3.63, 3.8) is 0 Å². The maximum absolute atomic E-state index is 12.9. The van der Waals surface area contributed by atoms with Crippen molar-refractivity contribution >= 4 is 28.0 Å². The third kappa shape index (κ3) is 3.35. The molecule has 144 valence electrons. The molecule has 7 nitrogen and oxygen atoms in total. The number of nitrogens with one attached hydrogen (secondary N) is 2. The first-order valence-corrected chi connectivity index (χ1v) is 9.56. The largest absolute Gasteiger partial charge is 0.349 e. The van der Waals surface area contributed by atoms with Gasteiger partial charge in [-0.05, 0) is 37.1 Å². The van der Waals surface area contributed by atoms with Crippen molar-refractivity contribution in [1.29, 1.82) is 0 Å². The fourth-order valence-corrected chi connectivity index (χ4v) is 3.51. The number of para-hydroxylation sites is 2. The Morgan fingerprint density at radius 3 is 2.82 bits per heavy atom. The standard InChI is InChI=1S/C21H24N6O/c1-13(2)11-19-24-16-8-4-5-9-18(16)27(19)14(3)21(28)23-12-17-15-7-6-10-22-20(15)26-25-17/h4-10,13-14H,11-12H2,1-3H3,(H,23,28)(H,22,25,26). The maximum Gasteiger partial charge on any atom is 0.243 e. The fraction of sp³-hybridized carbons (Fsp3) is 0.333. The molecule has 0 aliphatic rings. The Morgan fingerprint density at radius 2 is 2.00 bits per heavy atom. The van der Waals surface area contributed by atoms with E-state index in [0.29, 0.717) is 18.1 Å². The van der Waals surface area contributed by atoms with Gasteiger partial charge in [-0.15, -0.1) is 0 Å². The summed E-state index contributed by atoms with van der Waals surface area (Å²) in [5, 5.41) is 11.1. The van der Waals surface area contributed by atoms with Gasteiger partial charge in [-0.2, -0.15) is 5.10 Å². The molecular weight excluding hydrogens is 352 g/mol. The van der Waals surface area contributed by atoms with Crippen LogP contribution in [0.5, 0.6) is 0 Å². The van der Waals surface area contributed by atoms with Crippen LogP contribution < -0.4 is 5.32 Å². The molecule has 4 rings (SSSR count). The van der Waals surface area contributed by atoms with E-state index < -0.39 is 0 Å². The third-order valence-electron chi connectivity index (χ3n) is 4.87. The van der Waals surface area contributed by atoms with Crippen LogP contribution in [0.4, 0.5) is 0 Å². The molecule has 0 bridgehead atoms. The number of fused-ring (bicyclic) bond motifs is 2. The lowest BCUT2D eigenvalue weighted by atomic mass is 10.1. The van der Waals surface area contributed by atoms with Crippen molar-refractivity contribution in [2.75, 3.05) is 0 Å². The van der Waals surface area contributed by atoms with Crippen molar-refractivity contribution in [1.82, 2.24) is 30.0 Å². The van der Waals surface area contributed by atoms with Gasteiger partial charge in [0.05, 0.1) is 23.3 Å². The molecule has 1 atom stereocenters. The van der Waals surface area contributed by atoms with Gasteiger partial charge >= 0.3 is 0 Å². The summed E-state index contributed by atoms with van der Waals surface area (Å²) in [4.78, 5) is 21.9. The van der Waals surface area contributed by atoms with E-state index >= 15 is 0 Å². The van der Waals surface area contributed by atoms with Crippen LogP contribution >= 0.6 is 0 Å². The van der Waals surface area contributed by atoms with Crippen LogP contribution in [0.15, 0.2) is 42.6 Å². The van der Waals surface area contributed by atoms with E-state index in [1.54, 1.807) is 6.20 Å². The molecule has 4 aromatic rings. The Labute approximate surface area is 163 Å². The number of H-pyrrole nitrogens is 1. The van der Waals surface area contributed by atoms with Crippen molar-refractivity contribution in [3.05, 3.63) is 54.1 Å². The molecule has 28 heavy (non-hydrogen) atoms. The minimum absolute atomic E-state index is 0.0557. The summed E-state index contributed by atoms with van der Waals surface area (Å²) >= 11 is 0. The molecule has 7 heteroatoms. The highest BCUT2D eigenvalue weighted by atomic mass is 16.2. The van der Waals surface area contributed by atoms with Gasteiger partial charge in [0.15, 0.2) is 5.65 Å². The van der Waals surface area contributed by atoms with Gasteiger partial charge in [0.25, 0.3) is 0 Å². The first-order valence-electron chi connectivity index (χ1n) is 9.56. The van der Waals surface area contributed by atoms with E-state index in [1.807, 2.05) is 43.3 Å². The topological polar surface area (TPSA) is 88.5 Å². The number of aromatic amines is 1. The lowest BCUT2D eigenvalue weighted by molar-refractivity contribution is -0.124.